The van der Waals surface area contributed by atoms with Crippen LogP contribution in [-0.4, -0.2) is 30.2 Å². The second-order valence-corrected chi connectivity index (χ2v) is 5.27. The Labute approximate surface area is 111 Å². The maximum Gasteiger partial charge on any atom is 0.321 e. The molecule has 1 aliphatic carbocycles. The molecule has 5 nitrogen and oxygen atoms in total. The van der Waals surface area contributed by atoms with Gasteiger partial charge in [0.15, 0.2) is 0 Å². The summed E-state index contributed by atoms with van der Waals surface area (Å²) in [5.41, 5.74) is 1.38. The lowest BCUT2D eigenvalue weighted by Crippen LogP contribution is -2.43. The minimum Gasteiger partial charge on any atom is -0.481 e. The second kappa shape index (κ2) is 4.26. The summed E-state index contributed by atoms with van der Waals surface area (Å²) in [6, 6.07) is 7.61. The highest BCUT2D eigenvalue weighted by Gasteiger charge is 2.50. The van der Waals surface area contributed by atoms with Crippen molar-refractivity contribution in [2.75, 3.05) is 18.0 Å². The Bertz CT molecular complexity index is 537. The zero-order valence-electron chi connectivity index (χ0n) is 10.6. The first-order valence-electron chi connectivity index (χ1n) is 6.49. The summed E-state index contributed by atoms with van der Waals surface area (Å²) >= 11 is 0. The molecule has 1 saturated carbocycles. The number of nitrogens with zero attached hydrogens (tertiary/aromatic N) is 1. The van der Waals surface area contributed by atoms with Crippen molar-refractivity contribution in [1.29, 1.82) is 0 Å². The number of anilines is 1. The molecule has 19 heavy (non-hydrogen) atoms. The number of amides is 2. The van der Waals surface area contributed by atoms with Gasteiger partial charge in [0.05, 0.1) is 5.41 Å². The van der Waals surface area contributed by atoms with Gasteiger partial charge >= 0.3 is 12.0 Å². The molecular formula is C14H16N2O3. The number of fused-ring (bicyclic) bond motifs is 1. The van der Waals surface area contributed by atoms with Crippen LogP contribution >= 0.6 is 0 Å². The van der Waals surface area contributed by atoms with Gasteiger partial charge in [-0.3, -0.25) is 9.69 Å². The predicted octanol–water partition coefficient (Wildman–Crippen LogP) is 1.62. The van der Waals surface area contributed by atoms with Crippen LogP contribution < -0.4 is 10.2 Å². The van der Waals surface area contributed by atoms with Gasteiger partial charge in [-0.05, 0) is 30.9 Å². The molecule has 100 valence electrons. The molecular weight excluding hydrogens is 244 g/mol. The number of urea groups is 1. The van der Waals surface area contributed by atoms with Crippen LogP contribution in [0.1, 0.15) is 18.4 Å². The Hall–Kier alpha value is -2.04. The molecule has 0 spiro atoms. The number of carboxylic acids is 1. The first-order chi connectivity index (χ1) is 9.12. The first kappa shape index (κ1) is 12.0. The number of rotatable bonds is 3. The van der Waals surface area contributed by atoms with Crippen LogP contribution in [0.5, 0.6) is 0 Å². The average molecular weight is 260 g/mol. The number of nitrogens with one attached hydrogen (secondary N) is 1. The Balaban J connectivity index is 1.65. The van der Waals surface area contributed by atoms with Gasteiger partial charge in [-0.15, -0.1) is 0 Å². The minimum atomic E-state index is -0.811. The molecule has 1 heterocycles. The fourth-order valence-electron chi connectivity index (χ4n) is 2.51. The zero-order valence-corrected chi connectivity index (χ0v) is 10.6. The van der Waals surface area contributed by atoms with Crippen molar-refractivity contribution < 1.29 is 14.7 Å². The number of para-hydroxylation sites is 1. The third kappa shape index (κ3) is 2.05. The number of carbonyl (C=O) groups excluding carboxylic acids is 1. The SMILES string of the molecule is O=C(NCC1(C(=O)O)CC1)N1CCc2ccccc21. The van der Waals surface area contributed by atoms with Crippen molar-refractivity contribution in [3.63, 3.8) is 0 Å². The van der Waals surface area contributed by atoms with Crippen LogP contribution in [-0.2, 0) is 11.2 Å². The van der Waals surface area contributed by atoms with Gasteiger partial charge in [0.25, 0.3) is 0 Å². The highest BCUT2D eigenvalue weighted by Crippen LogP contribution is 2.45. The molecule has 1 aliphatic heterocycles. The Morgan fingerprint density at radius 1 is 1.32 bits per heavy atom. The third-order valence-corrected chi connectivity index (χ3v) is 4.02. The third-order valence-electron chi connectivity index (χ3n) is 4.02. The van der Waals surface area contributed by atoms with E-state index in [1.165, 1.54) is 0 Å². The summed E-state index contributed by atoms with van der Waals surface area (Å²) < 4.78 is 0. The van der Waals surface area contributed by atoms with Gasteiger partial charge in [0.2, 0.25) is 0 Å². The molecule has 1 aromatic rings. The van der Waals surface area contributed by atoms with E-state index in [-0.39, 0.29) is 12.6 Å². The molecule has 2 aliphatic rings. The van der Waals surface area contributed by atoms with Gasteiger partial charge < -0.3 is 10.4 Å². The summed E-state index contributed by atoms with van der Waals surface area (Å²) in [4.78, 5) is 24.9. The summed E-state index contributed by atoms with van der Waals surface area (Å²) in [6.45, 7) is 0.880. The summed E-state index contributed by atoms with van der Waals surface area (Å²) in [7, 11) is 0. The molecule has 2 N–H and O–H groups in total. The molecule has 2 amide bonds. The number of carbonyl (C=O) groups is 2. The number of hydrogen-bond acceptors (Lipinski definition) is 2. The van der Waals surface area contributed by atoms with E-state index < -0.39 is 11.4 Å². The summed E-state index contributed by atoms with van der Waals surface area (Å²) in [5.74, 6) is -0.811. The van der Waals surface area contributed by atoms with Crippen LogP contribution in [0.25, 0.3) is 0 Å². The van der Waals surface area contributed by atoms with Crippen LogP contribution in [0.3, 0.4) is 0 Å². The fourth-order valence-corrected chi connectivity index (χ4v) is 2.51. The maximum atomic E-state index is 12.1. The molecule has 0 saturated heterocycles. The van der Waals surface area contributed by atoms with Crippen molar-refractivity contribution in [3.05, 3.63) is 29.8 Å². The predicted molar refractivity (Wildman–Crippen MR) is 70.2 cm³/mol. The molecule has 0 radical (unpaired) electrons. The molecule has 1 aromatic carbocycles. The van der Waals surface area contributed by atoms with E-state index in [4.69, 9.17) is 5.11 Å². The number of aliphatic carboxylic acids is 1. The van der Waals surface area contributed by atoms with Gasteiger partial charge in [-0.1, -0.05) is 18.2 Å². The standard InChI is InChI=1S/C14H16N2O3/c17-12(18)14(6-7-14)9-15-13(19)16-8-5-10-3-1-2-4-11(10)16/h1-4H,5-9H2,(H,15,19)(H,17,18). The van der Waals surface area contributed by atoms with Crippen LogP contribution in [0.2, 0.25) is 0 Å². The Morgan fingerprint density at radius 3 is 2.74 bits per heavy atom. The van der Waals surface area contributed by atoms with Crippen molar-refractivity contribution in [1.82, 2.24) is 5.32 Å². The minimum absolute atomic E-state index is 0.197. The summed E-state index contributed by atoms with van der Waals surface area (Å²) in [5, 5.41) is 11.8. The van der Waals surface area contributed by atoms with Crippen LogP contribution in [0.4, 0.5) is 10.5 Å². The van der Waals surface area contributed by atoms with Crippen molar-refractivity contribution in [2.24, 2.45) is 5.41 Å². The molecule has 0 aromatic heterocycles. The van der Waals surface area contributed by atoms with E-state index in [0.29, 0.717) is 19.4 Å². The molecule has 0 atom stereocenters. The highest BCUT2D eigenvalue weighted by molar-refractivity contribution is 5.94. The van der Waals surface area contributed by atoms with Crippen molar-refractivity contribution in [2.45, 2.75) is 19.3 Å². The summed E-state index contributed by atoms with van der Waals surface area (Å²) in [6.07, 6.45) is 2.16. The average Bonchev–Trinajstić information content (AvgIpc) is 3.09. The second-order valence-electron chi connectivity index (χ2n) is 5.27. The van der Waals surface area contributed by atoms with Crippen molar-refractivity contribution >= 4 is 17.7 Å². The molecule has 0 unspecified atom stereocenters. The van der Waals surface area contributed by atoms with Crippen molar-refractivity contribution in [3.8, 4) is 0 Å². The van der Waals surface area contributed by atoms with Gasteiger partial charge in [-0.2, -0.15) is 0 Å². The number of carboxylic acid groups (broad SMARTS) is 1. The zero-order chi connectivity index (χ0) is 13.5. The van der Waals surface area contributed by atoms with E-state index >= 15 is 0 Å². The fraction of sp³-hybridized carbons (Fsp3) is 0.429. The van der Waals surface area contributed by atoms with E-state index in [1.54, 1.807) is 4.90 Å². The number of benzene rings is 1. The highest BCUT2D eigenvalue weighted by atomic mass is 16.4. The molecule has 1 fully saturated rings. The normalized spacial score (nSPS) is 18.8. The van der Waals surface area contributed by atoms with Gasteiger partial charge in [-0.25, -0.2) is 4.79 Å². The molecule has 5 heteroatoms. The first-order valence-corrected chi connectivity index (χ1v) is 6.49. The monoisotopic (exact) mass is 260 g/mol. The largest absolute Gasteiger partial charge is 0.481 e. The van der Waals surface area contributed by atoms with E-state index in [9.17, 15) is 9.59 Å². The van der Waals surface area contributed by atoms with E-state index in [2.05, 4.69) is 5.32 Å². The van der Waals surface area contributed by atoms with Crippen LogP contribution in [0, 0.1) is 5.41 Å². The van der Waals surface area contributed by atoms with Gasteiger partial charge in [0, 0.05) is 18.8 Å². The van der Waals surface area contributed by atoms with Gasteiger partial charge in [0.1, 0.15) is 0 Å². The lowest BCUT2D eigenvalue weighted by atomic mass is 10.1. The Morgan fingerprint density at radius 2 is 2.05 bits per heavy atom. The number of hydrogen-bond donors (Lipinski definition) is 2. The quantitative estimate of drug-likeness (QED) is 0.867. The van der Waals surface area contributed by atoms with E-state index in [1.807, 2.05) is 24.3 Å². The topological polar surface area (TPSA) is 69.6 Å². The maximum absolute atomic E-state index is 12.1. The molecule has 3 rings (SSSR count). The smallest absolute Gasteiger partial charge is 0.321 e. The van der Waals surface area contributed by atoms with E-state index in [0.717, 1.165) is 17.7 Å². The molecule has 0 bridgehead atoms. The lowest BCUT2D eigenvalue weighted by molar-refractivity contribution is -0.143. The lowest BCUT2D eigenvalue weighted by Gasteiger charge is -2.19. The Kier molecular flexibility index (Phi) is 2.69. The van der Waals surface area contributed by atoms with Crippen LogP contribution in [0.15, 0.2) is 24.3 Å².